The molecule has 0 aromatic carbocycles. The van der Waals surface area contributed by atoms with Crippen molar-refractivity contribution in [1.82, 2.24) is 9.78 Å². The Kier molecular flexibility index (Phi) is 2.35. The van der Waals surface area contributed by atoms with Crippen LogP contribution in [-0.2, 0) is 7.05 Å². The second-order valence-corrected chi connectivity index (χ2v) is 3.98. The topological polar surface area (TPSA) is 47.1 Å². The van der Waals surface area contributed by atoms with Crippen LogP contribution in [-0.4, -0.2) is 22.4 Å². The summed E-state index contributed by atoms with van der Waals surface area (Å²) < 4.78 is 1.79. The molecule has 1 aromatic heterocycles. The summed E-state index contributed by atoms with van der Waals surface area (Å²) in [6, 6.07) is 0.632. The average molecular weight is 194 g/mol. The molecule has 0 amide bonds. The highest BCUT2D eigenvalue weighted by Gasteiger charge is 2.26. The quantitative estimate of drug-likeness (QED) is 0.773. The lowest BCUT2D eigenvalue weighted by Crippen LogP contribution is -2.29. The minimum Gasteiger partial charge on any atom is -0.394 e. The summed E-state index contributed by atoms with van der Waals surface area (Å²) in [6.45, 7) is 3.32. The number of nitrogen functional groups attached to an aromatic ring is 1. The molecule has 2 rings (SSSR count). The van der Waals surface area contributed by atoms with Gasteiger partial charge in [-0.1, -0.05) is 6.92 Å². The molecule has 1 atom stereocenters. The van der Waals surface area contributed by atoms with Gasteiger partial charge in [-0.2, -0.15) is 5.10 Å². The van der Waals surface area contributed by atoms with Crippen LogP contribution in [0, 0.1) is 0 Å². The Morgan fingerprint density at radius 1 is 1.64 bits per heavy atom. The van der Waals surface area contributed by atoms with Gasteiger partial charge in [0.2, 0.25) is 0 Å². The van der Waals surface area contributed by atoms with E-state index in [0.29, 0.717) is 6.04 Å². The first-order valence-corrected chi connectivity index (χ1v) is 5.28. The third kappa shape index (κ3) is 1.45. The molecule has 1 unspecified atom stereocenters. The van der Waals surface area contributed by atoms with E-state index in [1.165, 1.54) is 19.3 Å². The van der Waals surface area contributed by atoms with Crippen molar-refractivity contribution < 1.29 is 0 Å². The first kappa shape index (κ1) is 9.37. The van der Waals surface area contributed by atoms with Gasteiger partial charge < -0.3 is 10.6 Å². The second-order valence-electron chi connectivity index (χ2n) is 3.98. The van der Waals surface area contributed by atoms with E-state index in [0.717, 1.165) is 18.1 Å². The number of nitrogens with zero attached hydrogens (tertiary/aromatic N) is 3. The molecule has 1 fully saturated rings. The minimum absolute atomic E-state index is 0.632. The van der Waals surface area contributed by atoms with Gasteiger partial charge in [0.05, 0.1) is 5.69 Å². The van der Waals surface area contributed by atoms with Crippen molar-refractivity contribution in [3.8, 4) is 0 Å². The van der Waals surface area contributed by atoms with Crippen molar-refractivity contribution in [3.63, 3.8) is 0 Å². The third-order valence-electron chi connectivity index (χ3n) is 2.96. The Bertz CT molecular complexity index is 318. The second kappa shape index (κ2) is 3.52. The number of anilines is 2. The van der Waals surface area contributed by atoms with Crippen LogP contribution in [0.2, 0.25) is 0 Å². The van der Waals surface area contributed by atoms with Gasteiger partial charge in [-0.25, -0.2) is 0 Å². The van der Waals surface area contributed by atoms with Crippen molar-refractivity contribution in [1.29, 1.82) is 0 Å². The summed E-state index contributed by atoms with van der Waals surface area (Å²) in [4.78, 5) is 2.34. The zero-order valence-corrected chi connectivity index (χ0v) is 8.90. The summed E-state index contributed by atoms with van der Waals surface area (Å²) in [5.74, 6) is 0.969. The maximum Gasteiger partial charge on any atom is 0.174 e. The van der Waals surface area contributed by atoms with Gasteiger partial charge in [-0.05, 0) is 19.3 Å². The molecule has 4 heteroatoms. The van der Waals surface area contributed by atoms with E-state index >= 15 is 0 Å². The fourth-order valence-electron chi connectivity index (χ4n) is 2.26. The van der Waals surface area contributed by atoms with Gasteiger partial charge in [0, 0.05) is 25.8 Å². The molecule has 1 aliphatic heterocycles. The smallest absolute Gasteiger partial charge is 0.174 e. The lowest BCUT2D eigenvalue weighted by molar-refractivity contribution is 0.634. The van der Waals surface area contributed by atoms with Crippen LogP contribution in [0.5, 0.6) is 0 Å². The molecule has 2 N–H and O–H groups in total. The number of hydrogen-bond acceptors (Lipinski definition) is 3. The number of aromatic nitrogens is 2. The Labute approximate surface area is 84.7 Å². The van der Waals surface area contributed by atoms with E-state index in [2.05, 4.69) is 16.9 Å². The molecule has 0 aliphatic carbocycles. The molecule has 2 heterocycles. The standard InChI is InChI=1S/C10H18N4/c1-3-8-5-4-6-14(8)10-9(11)7-13(2)12-10/h7-8H,3-6,11H2,1-2H3. The molecule has 0 spiro atoms. The third-order valence-corrected chi connectivity index (χ3v) is 2.96. The van der Waals surface area contributed by atoms with Crippen LogP contribution in [0.25, 0.3) is 0 Å². The zero-order valence-electron chi connectivity index (χ0n) is 8.90. The predicted molar refractivity (Wildman–Crippen MR) is 58.3 cm³/mol. The van der Waals surface area contributed by atoms with E-state index in [-0.39, 0.29) is 0 Å². The van der Waals surface area contributed by atoms with Gasteiger partial charge in [-0.15, -0.1) is 0 Å². The Hall–Kier alpha value is -1.19. The largest absolute Gasteiger partial charge is 0.394 e. The molecule has 0 radical (unpaired) electrons. The van der Waals surface area contributed by atoms with Crippen LogP contribution in [0.1, 0.15) is 26.2 Å². The predicted octanol–water partition coefficient (Wildman–Crippen LogP) is 1.38. The van der Waals surface area contributed by atoms with Crippen molar-refractivity contribution in [2.75, 3.05) is 17.2 Å². The van der Waals surface area contributed by atoms with E-state index in [4.69, 9.17) is 5.73 Å². The monoisotopic (exact) mass is 194 g/mol. The summed E-state index contributed by atoms with van der Waals surface area (Å²) in [5, 5.41) is 4.41. The molecule has 4 nitrogen and oxygen atoms in total. The fraction of sp³-hybridized carbons (Fsp3) is 0.700. The van der Waals surface area contributed by atoms with Gasteiger partial charge in [0.1, 0.15) is 0 Å². The molecular weight excluding hydrogens is 176 g/mol. The van der Waals surface area contributed by atoms with E-state index in [9.17, 15) is 0 Å². The average Bonchev–Trinajstić information content (AvgIpc) is 2.71. The van der Waals surface area contributed by atoms with Crippen molar-refractivity contribution in [3.05, 3.63) is 6.20 Å². The van der Waals surface area contributed by atoms with Crippen LogP contribution in [0.15, 0.2) is 6.20 Å². The van der Waals surface area contributed by atoms with E-state index < -0.39 is 0 Å². The summed E-state index contributed by atoms with van der Waals surface area (Å²) in [5.41, 5.74) is 6.71. The molecule has 0 saturated carbocycles. The summed E-state index contributed by atoms with van der Waals surface area (Å²) in [7, 11) is 1.91. The molecule has 1 saturated heterocycles. The first-order chi connectivity index (χ1) is 6.72. The number of hydrogen-bond donors (Lipinski definition) is 1. The summed E-state index contributed by atoms with van der Waals surface area (Å²) >= 11 is 0. The van der Waals surface area contributed by atoms with Crippen molar-refractivity contribution in [2.45, 2.75) is 32.2 Å². The summed E-state index contributed by atoms with van der Waals surface area (Å²) in [6.07, 6.45) is 5.58. The van der Waals surface area contributed by atoms with Gasteiger partial charge in [0.15, 0.2) is 5.82 Å². The maximum absolute atomic E-state index is 5.91. The molecule has 1 aromatic rings. The lowest BCUT2D eigenvalue weighted by Gasteiger charge is -2.23. The van der Waals surface area contributed by atoms with E-state index in [1.54, 1.807) is 4.68 Å². The number of aryl methyl sites for hydroxylation is 1. The van der Waals surface area contributed by atoms with Crippen LogP contribution in [0.3, 0.4) is 0 Å². The molecule has 14 heavy (non-hydrogen) atoms. The normalized spacial score (nSPS) is 21.9. The van der Waals surface area contributed by atoms with Gasteiger partial charge in [-0.3, -0.25) is 4.68 Å². The highest BCUT2D eigenvalue weighted by Crippen LogP contribution is 2.29. The first-order valence-electron chi connectivity index (χ1n) is 5.28. The maximum atomic E-state index is 5.91. The molecular formula is C10H18N4. The van der Waals surface area contributed by atoms with Crippen LogP contribution < -0.4 is 10.6 Å². The van der Waals surface area contributed by atoms with E-state index in [1.807, 2.05) is 13.2 Å². The highest BCUT2D eigenvalue weighted by atomic mass is 15.4. The zero-order chi connectivity index (χ0) is 10.1. The lowest BCUT2D eigenvalue weighted by atomic mass is 10.2. The van der Waals surface area contributed by atoms with Crippen molar-refractivity contribution >= 4 is 11.5 Å². The minimum atomic E-state index is 0.632. The number of nitrogens with two attached hydrogens (primary N) is 1. The Morgan fingerprint density at radius 3 is 3.00 bits per heavy atom. The Balaban J connectivity index is 2.25. The Morgan fingerprint density at radius 2 is 2.43 bits per heavy atom. The van der Waals surface area contributed by atoms with Crippen LogP contribution >= 0.6 is 0 Å². The molecule has 0 bridgehead atoms. The fourth-order valence-corrected chi connectivity index (χ4v) is 2.26. The van der Waals surface area contributed by atoms with Gasteiger partial charge >= 0.3 is 0 Å². The highest BCUT2D eigenvalue weighted by molar-refractivity contribution is 5.62. The SMILES string of the molecule is CCC1CCCN1c1nn(C)cc1N. The van der Waals surface area contributed by atoms with Crippen molar-refractivity contribution in [2.24, 2.45) is 7.05 Å². The molecule has 78 valence electrons. The molecule has 1 aliphatic rings. The van der Waals surface area contributed by atoms with Crippen LogP contribution in [0.4, 0.5) is 11.5 Å². The van der Waals surface area contributed by atoms with Gasteiger partial charge in [0.25, 0.3) is 0 Å². The number of rotatable bonds is 2.